The van der Waals surface area contributed by atoms with Crippen molar-refractivity contribution in [3.8, 4) is 0 Å². The summed E-state index contributed by atoms with van der Waals surface area (Å²) in [4.78, 5) is 0. The number of nitrogen functional groups attached to an aromatic ring is 1. The van der Waals surface area contributed by atoms with E-state index in [2.05, 4.69) is 25.2 Å². The molecule has 0 aliphatic heterocycles. The molecule has 4 aliphatic rings. The number of azo groups is 1. The summed E-state index contributed by atoms with van der Waals surface area (Å²) in [5.74, 6) is 3.14. The lowest BCUT2D eigenvalue weighted by Gasteiger charge is -2.54. The largest absolute Gasteiger partial charge is 0.378 e. The highest BCUT2D eigenvalue weighted by molar-refractivity contribution is 5.48. The monoisotopic (exact) mass is 247 g/mol. The zero-order valence-corrected chi connectivity index (χ0v) is 10.2. The van der Waals surface area contributed by atoms with Crippen molar-refractivity contribution in [1.82, 2.24) is 10.3 Å². The maximum absolute atomic E-state index is 5.60. The molecule has 4 bridgehead atoms. The topological polar surface area (TPSA) is 89.7 Å². The van der Waals surface area contributed by atoms with E-state index in [1.165, 1.54) is 38.5 Å². The maximum Gasteiger partial charge on any atom is 0.261 e. The molecule has 0 saturated heterocycles. The van der Waals surface area contributed by atoms with E-state index in [4.69, 9.17) is 5.73 Å². The molecule has 0 spiro atoms. The highest BCUT2D eigenvalue weighted by Crippen LogP contribution is 2.57. The third kappa shape index (κ3) is 1.54. The molecule has 0 amide bonds. The first-order valence-electron chi connectivity index (χ1n) is 6.73. The van der Waals surface area contributed by atoms with Crippen LogP contribution in [0.15, 0.2) is 14.9 Å². The normalized spacial score (nSPS) is 41.9. The van der Waals surface area contributed by atoms with Crippen LogP contribution in [0.1, 0.15) is 38.5 Å². The molecule has 1 aromatic heterocycles. The summed E-state index contributed by atoms with van der Waals surface area (Å²) >= 11 is 0. The molecule has 5 rings (SSSR count). The van der Waals surface area contributed by atoms with E-state index in [9.17, 15) is 0 Å². The number of aromatic nitrogens is 2. The summed E-state index contributed by atoms with van der Waals surface area (Å²) in [7, 11) is 0. The van der Waals surface area contributed by atoms with Crippen LogP contribution in [0.5, 0.6) is 0 Å². The lowest BCUT2D eigenvalue weighted by atomic mass is 9.53. The predicted octanol–water partition coefficient (Wildman–Crippen LogP) is 2.70. The third-order valence-electron chi connectivity index (χ3n) is 4.86. The average molecular weight is 247 g/mol. The maximum atomic E-state index is 5.60. The smallest absolute Gasteiger partial charge is 0.261 e. The van der Waals surface area contributed by atoms with Crippen LogP contribution in [0.2, 0.25) is 0 Å². The van der Waals surface area contributed by atoms with Crippen molar-refractivity contribution in [2.75, 3.05) is 5.73 Å². The number of nitrogens with zero attached hydrogens (tertiary/aromatic N) is 4. The van der Waals surface area contributed by atoms with Crippen LogP contribution in [0.4, 0.5) is 11.6 Å². The minimum atomic E-state index is 0.0557. The molecule has 0 unspecified atom stereocenters. The van der Waals surface area contributed by atoms with Gasteiger partial charge in [0.2, 0.25) is 5.82 Å². The van der Waals surface area contributed by atoms with Gasteiger partial charge in [0.15, 0.2) is 0 Å². The second kappa shape index (κ2) is 3.52. The van der Waals surface area contributed by atoms with Gasteiger partial charge in [0.25, 0.3) is 5.82 Å². The van der Waals surface area contributed by atoms with Crippen LogP contribution in [-0.4, -0.2) is 15.9 Å². The molecule has 4 aliphatic carbocycles. The number of hydrogen-bond acceptors (Lipinski definition) is 6. The Labute approximate surface area is 105 Å². The quantitative estimate of drug-likeness (QED) is 0.813. The summed E-state index contributed by atoms with van der Waals surface area (Å²) in [5.41, 5.74) is 5.65. The van der Waals surface area contributed by atoms with Crippen molar-refractivity contribution in [3.05, 3.63) is 0 Å². The van der Waals surface area contributed by atoms with E-state index in [-0.39, 0.29) is 11.4 Å². The van der Waals surface area contributed by atoms with Gasteiger partial charge in [-0.2, -0.15) is 5.11 Å². The van der Waals surface area contributed by atoms with Gasteiger partial charge in [-0.15, -0.1) is 5.11 Å². The van der Waals surface area contributed by atoms with Crippen LogP contribution < -0.4 is 5.73 Å². The van der Waals surface area contributed by atoms with Gasteiger partial charge >= 0.3 is 0 Å². The number of hydrogen-bond donors (Lipinski definition) is 1. The molecule has 4 saturated carbocycles. The van der Waals surface area contributed by atoms with Crippen LogP contribution >= 0.6 is 0 Å². The lowest BCUT2D eigenvalue weighted by molar-refractivity contribution is -0.00160. The number of rotatable bonds is 2. The SMILES string of the molecule is Nc1nonc1N=NC12CC3CC(CC(C3)C1)C2. The summed E-state index contributed by atoms with van der Waals surface area (Å²) < 4.78 is 4.54. The molecule has 6 heteroatoms. The highest BCUT2D eigenvalue weighted by atomic mass is 16.6. The Morgan fingerprint density at radius 2 is 1.67 bits per heavy atom. The minimum absolute atomic E-state index is 0.0557. The molecule has 1 heterocycles. The standard InChI is InChI=1S/C12H17N5O/c13-10-11(16-18-15-10)14-17-12-4-7-1-8(5-12)3-9(2-7)6-12/h7-9H,1-6H2,(H2,13,15). The second-order valence-electron chi connectivity index (χ2n) is 6.31. The fourth-order valence-corrected chi connectivity index (χ4v) is 4.60. The Kier molecular flexibility index (Phi) is 2.05. The predicted molar refractivity (Wildman–Crippen MR) is 64.1 cm³/mol. The summed E-state index contributed by atoms with van der Waals surface area (Å²) in [6.45, 7) is 0. The molecule has 18 heavy (non-hydrogen) atoms. The van der Waals surface area contributed by atoms with Crippen LogP contribution in [-0.2, 0) is 0 Å². The van der Waals surface area contributed by atoms with Crippen LogP contribution in [0, 0.1) is 17.8 Å². The van der Waals surface area contributed by atoms with Crippen molar-refractivity contribution in [2.24, 2.45) is 28.0 Å². The van der Waals surface area contributed by atoms with Gasteiger partial charge in [-0.25, -0.2) is 4.63 Å². The average Bonchev–Trinajstić information content (AvgIpc) is 2.70. The molecule has 0 aromatic carbocycles. The number of nitrogens with two attached hydrogens (primary N) is 1. The molecule has 0 radical (unpaired) electrons. The van der Waals surface area contributed by atoms with Crippen molar-refractivity contribution in [3.63, 3.8) is 0 Å². The summed E-state index contributed by atoms with van der Waals surface area (Å²) in [6.07, 6.45) is 7.78. The van der Waals surface area contributed by atoms with Crippen molar-refractivity contribution in [1.29, 1.82) is 0 Å². The number of anilines is 1. The van der Waals surface area contributed by atoms with E-state index in [0.717, 1.165) is 17.8 Å². The van der Waals surface area contributed by atoms with E-state index >= 15 is 0 Å². The summed E-state index contributed by atoms with van der Waals surface area (Å²) in [5, 5.41) is 16.0. The van der Waals surface area contributed by atoms with Crippen molar-refractivity contribution >= 4 is 11.6 Å². The Morgan fingerprint density at radius 3 is 2.17 bits per heavy atom. The second-order valence-corrected chi connectivity index (χ2v) is 6.31. The zero-order chi connectivity index (χ0) is 12.2. The zero-order valence-electron chi connectivity index (χ0n) is 10.2. The Hall–Kier alpha value is -1.46. The van der Waals surface area contributed by atoms with E-state index in [1.807, 2.05) is 0 Å². The lowest BCUT2D eigenvalue weighted by Crippen LogP contribution is -2.49. The fourth-order valence-electron chi connectivity index (χ4n) is 4.60. The molecule has 0 atom stereocenters. The van der Waals surface area contributed by atoms with Gasteiger partial charge < -0.3 is 5.73 Å². The molecule has 4 fully saturated rings. The van der Waals surface area contributed by atoms with E-state index in [0.29, 0.717) is 5.82 Å². The molecular weight excluding hydrogens is 230 g/mol. The van der Waals surface area contributed by atoms with E-state index < -0.39 is 0 Å². The van der Waals surface area contributed by atoms with Gasteiger partial charge in [0.05, 0.1) is 5.54 Å². The highest BCUT2D eigenvalue weighted by Gasteiger charge is 2.51. The van der Waals surface area contributed by atoms with Crippen molar-refractivity contribution < 1.29 is 4.63 Å². The molecule has 1 aromatic rings. The Balaban J connectivity index is 1.61. The molecule has 2 N–H and O–H groups in total. The third-order valence-corrected chi connectivity index (χ3v) is 4.86. The first kappa shape index (κ1) is 10.5. The van der Waals surface area contributed by atoms with Crippen molar-refractivity contribution in [2.45, 2.75) is 44.1 Å². The minimum Gasteiger partial charge on any atom is -0.378 e. The Morgan fingerprint density at radius 1 is 1.06 bits per heavy atom. The van der Waals surface area contributed by atoms with Crippen LogP contribution in [0.3, 0.4) is 0 Å². The first-order chi connectivity index (χ1) is 8.72. The molecule has 6 nitrogen and oxygen atoms in total. The van der Waals surface area contributed by atoms with Crippen LogP contribution in [0.25, 0.3) is 0 Å². The van der Waals surface area contributed by atoms with Gasteiger partial charge in [-0.05, 0) is 66.6 Å². The van der Waals surface area contributed by atoms with E-state index in [1.54, 1.807) is 0 Å². The van der Waals surface area contributed by atoms with Gasteiger partial charge in [-0.3, -0.25) is 0 Å². The fraction of sp³-hybridized carbons (Fsp3) is 0.833. The molecular formula is C12H17N5O. The first-order valence-corrected chi connectivity index (χ1v) is 6.73. The summed E-state index contributed by atoms with van der Waals surface area (Å²) in [6, 6.07) is 0. The Bertz CT molecular complexity index is 459. The molecule has 96 valence electrons. The van der Waals surface area contributed by atoms with Gasteiger partial charge in [-0.1, -0.05) is 0 Å². The van der Waals surface area contributed by atoms with Gasteiger partial charge in [0.1, 0.15) is 0 Å². The van der Waals surface area contributed by atoms with Gasteiger partial charge in [0, 0.05) is 0 Å².